The molecule has 1 unspecified atom stereocenters. The lowest BCUT2D eigenvalue weighted by Crippen LogP contribution is -2.19. The first kappa shape index (κ1) is 18.4. The van der Waals surface area contributed by atoms with Gasteiger partial charge in [-0.25, -0.2) is 4.79 Å². The van der Waals surface area contributed by atoms with Crippen LogP contribution < -0.4 is 0 Å². The Hall–Kier alpha value is -0.570. The van der Waals surface area contributed by atoms with Gasteiger partial charge in [0.2, 0.25) is 0 Å². The minimum absolute atomic E-state index is 0.00841. The maximum absolute atomic E-state index is 11.8. The Bertz CT molecular complexity index is 226. The van der Waals surface area contributed by atoms with Gasteiger partial charge in [-0.1, -0.05) is 53.9 Å². The average molecular weight is 272 g/mol. The molecule has 3 nitrogen and oxygen atoms in total. The van der Waals surface area contributed by atoms with Gasteiger partial charge < -0.3 is 0 Å². The monoisotopic (exact) mass is 272 g/mol. The van der Waals surface area contributed by atoms with Gasteiger partial charge in [0.05, 0.1) is 12.5 Å². The molecule has 0 aromatic carbocycles. The molecule has 0 saturated heterocycles. The maximum atomic E-state index is 11.8. The molecule has 2 atom stereocenters. The van der Waals surface area contributed by atoms with E-state index in [4.69, 9.17) is 9.78 Å². The molecule has 0 saturated carbocycles. The smallest absolute Gasteiger partial charge is 0.298 e. The Morgan fingerprint density at radius 3 is 2.26 bits per heavy atom. The van der Waals surface area contributed by atoms with Crippen LogP contribution in [0.2, 0.25) is 0 Å². The summed E-state index contributed by atoms with van der Waals surface area (Å²) in [7, 11) is 0. The van der Waals surface area contributed by atoms with E-state index >= 15 is 0 Å². The molecule has 0 aromatic heterocycles. The highest BCUT2D eigenvalue weighted by Gasteiger charge is 2.18. The van der Waals surface area contributed by atoms with Crippen LogP contribution in [-0.2, 0) is 14.6 Å². The molecule has 3 heteroatoms. The summed E-state index contributed by atoms with van der Waals surface area (Å²) in [6.45, 7) is 11.2. The van der Waals surface area contributed by atoms with E-state index in [0.29, 0.717) is 18.4 Å². The Balaban J connectivity index is 3.76. The van der Waals surface area contributed by atoms with Crippen molar-refractivity contribution in [2.75, 3.05) is 6.61 Å². The van der Waals surface area contributed by atoms with Crippen molar-refractivity contribution in [3.63, 3.8) is 0 Å². The first-order valence-electron chi connectivity index (χ1n) is 7.84. The normalized spacial score (nSPS) is 14.4. The highest BCUT2D eigenvalue weighted by atomic mass is 17.2. The first-order valence-corrected chi connectivity index (χ1v) is 7.84. The zero-order valence-electron chi connectivity index (χ0n) is 13.4. The van der Waals surface area contributed by atoms with Crippen LogP contribution in [0.1, 0.15) is 73.1 Å². The summed E-state index contributed by atoms with van der Waals surface area (Å²) in [5.74, 6) is 0.937. The summed E-state index contributed by atoms with van der Waals surface area (Å²) >= 11 is 0. The predicted molar refractivity (Wildman–Crippen MR) is 78.6 cm³/mol. The van der Waals surface area contributed by atoms with Crippen LogP contribution in [0.3, 0.4) is 0 Å². The van der Waals surface area contributed by atoms with Gasteiger partial charge in [0.25, 0.3) is 0 Å². The highest BCUT2D eigenvalue weighted by Crippen LogP contribution is 2.16. The van der Waals surface area contributed by atoms with E-state index in [1.54, 1.807) is 0 Å². The number of hydrogen-bond acceptors (Lipinski definition) is 3. The molecule has 0 radical (unpaired) electrons. The summed E-state index contributed by atoms with van der Waals surface area (Å²) in [5.41, 5.74) is 0. The zero-order valence-corrected chi connectivity index (χ0v) is 13.4. The van der Waals surface area contributed by atoms with Crippen LogP contribution in [0.5, 0.6) is 0 Å². The summed E-state index contributed by atoms with van der Waals surface area (Å²) in [5, 5.41) is 0. The van der Waals surface area contributed by atoms with Crippen LogP contribution in [-0.4, -0.2) is 12.6 Å². The van der Waals surface area contributed by atoms with Crippen molar-refractivity contribution in [3.8, 4) is 0 Å². The minimum Gasteiger partial charge on any atom is -0.298 e. The highest BCUT2D eigenvalue weighted by molar-refractivity contribution is 5.71. The molecule has 0 heterocycles. The van der Waals surface area contributed by atoms with Gasteiger partial charge in [-0.05, 0) is 31.1 Å². The van der Waals surface area contributed by atoms with E-state index in [0.717, 1.165) is 32.1 Å². The number of hydrogen-bond donors (Lipinski definition) is 0. The third kappa shape index (κ3) is 9.94. The minimum atomic E-state index is -0.202. The lowest BCUT2D eigenvalue weighted by Gasteiger charge is -2.15. The molecule has 0 aliphatic carbocycles. The van der Waals surface area contributed by atoms with Gasteiger partial charge in [-0.2, -0.15) is 4.89 Å². The van der Waals surface area contributed by atoms with Crippen molar-refractivity contribution in [1.29, 1.82) is 0 Å². The molecular weight excluding hydrogens is 240 g/mol. The number of carbonyl (C=O) groups excluding carboxylic acids is 1. The van der Waals surface area contributed by atoms with E-state index < -0.39 is 0 Å². The van der Waals surface area contributed by atoms with Gasteiger partial charge in [0.15, 0.2) is 0 Å². The van der Waals surface area contributed by atoms with Gasteiger partial charge in [0, 0.05) is 0 Å². The number of rotatable bonds is 11. The molecule has 0 aliphatic heterocycles. The summed E-state index contributed by atoms with van der Waals surface area (Å²) in [6.07, 6.45) is 6.20. The molecule has 0 amide bonds. The van der Waals surface area contributed by atoms with Crippen molar-refractivity contribution in [2.24, 2.45) is 17.8 Å². The topological polar surface area (TPSA) is 35.5 Å². The third-order valence-electron chi connectivity index (χ3n) is 3.46. The van der Waals surface area contributed by atoms with Crippen LogP contribution in [0, 0.1) is 17.8 Å². The standard InChI is InChI=1S/C16H32O3/c1-6-8-9-15(7-2)16(17)19-18-12-14(5)11-10-13(3)4/h13-15H,6-12H2,1-5H3/t14?,15-/m0/s1. The summed E-state index contributed by atoms with van der Waals surface area (Å²) in [6, 6.07) is 0. The van der Waals surface area contributed by atoms with Crippen molar-refractivity contribution >= 4 is 5.97 Å². The van der Waals surface area contributed by atoms with Crippen LogP contribution in [0.25, 0.3) is 0 Å². The van der Waals surface area contributed by atoms with Crippen LogP contribution >= 0.6 is 0 Å². The largest absolute Gasteiger partial charge is 0.345 e. The Labute approximate surface area is 119 Å². The fourth-order valence-electron chi connectivity index (χ4n) is 1.92. The molecular formula is C16H32O3. The first-order chi connectivity index (χ1) is 9.01. The van der Waals surface area contributed by atoms with Crippen molar-refractivity contribution in [1.82, 2.24) is 0 Å². The molecule has 0 fully saturated rings. The predicted octanol–water partition coefficient (Wildman–Crippen LogP) is 4.75. The molecule has 0 spiro atoms. The lowest BCUT2D eigenvalue weighted by molar-refractivity contribution is -0.281. The van der Waals surface area contributed by atoms with Gasteiger partial charge in [0.1, 0.15) is 0 Å². The third-order valence-corrected chi connectivity index (χ3v) is 3.46. The van der Waals surface area contributed by atoms with Crippen LogP contribution in [0.4, 0.5) is 0 Å². The molecule has 114 valence electrons. The van der Waals surface area contributed by atoms with Crippen LogP contribution in [0.15, 0.2) is 0 Å². The summed E-state index contributed by atoms with van der Waals surface area (Å²) < 4.78 is 0. The summed E-state index contributed by atoms with van der Waals surface area (Å²) in [4.78, 5) is 21.8. The maximum Gasteiger partial charge on any atom is 0.345 e. The van der Waals surface area contributed by atoms with Crippen molar-refractivity contribution < 1.29 is 14.6 Å². The lowest BCUT2D eigenvalue weighted by atomic mass is 10.00. The Morgan fingerprint density at radius 1 is 1.05 bits per heavy atom. The van der Waals surface area contributed by atoms with E-state index in [1.807, 2.05) is 6.92 Å². The van der Waals surface area contributed by atoms with Gasteiger partial charge in [-0.15, -0.1) is 0 Å². The van der Waals surface area contributed by atoms with Gasteiger partial charge >= 0.3 is 5.97 Å². The Kier molecular flexibility index (Phi) is 10.9. The van der Waals surface area contributed by atoms with Crippen molar-refractivity contribution in [2.45, 2.75) is 73.1 Å². The Morgan fingerprint density at radius 2 is 1.74 bits per heavy atom. The molecule has 0 bridgehead atoms. The second kappa shape index (κ2) is 11.3. The number of carbonyl (C=O) groups is 1. The molecule has 19 heavy (non-hydrogen) atoms. The average Bonchev–Trinajstić information content (AvgIpc) is 2.37. The van der Waals surface area contributed by atoms with E-state index in [-0.39, 0.29) is 11.9 Å². The van der Waals surface area contributed by atoms with Crippen molar-refractivity contribution in [3.05, 3.63) is 0 Å². The van der Waals surface area contributed by atoms with Gasteiger partial charge in [-0.3, -0.25) is 4.89 Å². The number of unbranched alkanes of at least 4 members (excludes halogenated alkanes) is 1. The second-order valence-electron chi connectivity index (χ2n) is 6.01. The molecule has 0 rings (SSSR count). The van der Waals surface area contributed by atoms with E-state index in [1.165, 1.54) is 6.42 Å². The SMILES string of the molecule is CCCC[C@H](CC)C(=O)OOCC(C)CCC(C)C. The van der Waals surface area contributed by atoms with E-state index in [9.17, 15) is 4.79 Å². The molecule has 0 aromatic rings. The van der Waals surface area contributed by atoms with E-state index in [2.05, 4.69) is 27.7 Å². The molecule has 0 N–H and O–H groups in total. The zero-order chi connectivity index (χ0) is 14.7. The quantitative estimate of drug-likeness (QED) is 0.402. The fraction of sp³-hybridized carbons (Fsp3) is 0.938. The fourth-order valence-corrected chi connectivity index (χ4v) is 1.92. The molecule has 0 aliphatic rings. The second-order valence-corrected chi connectivity index (χ2v) is 6.01.